The number of unbranched alkanes of at least 4 members (excludes halogenated alkanes) is 8. The van der Waals surface area contributed by atoms with Gasteiger partial charge in [-0.25, -0.2) is 9.59 Å². The summed E-state index contributed by atoms with van der Waals surface area (Å²) in [5.74, 6) is -1.95. The number of hydrogen-bond donors (Lipinski definition) is 2. The van der Waals surface area contributed by atoms with Crippen LogP contribution in [0.2, 0.25) is 0 Å². The number of aryl methyl sites for hydroxylation is 2. The first-order valence-electron chi connectivity index (χ1n) is 22.5. The molecule has 2 N–H and O–H groups in total. The number of carboxylic acids is 2. The summed E-state index contributed by atoms with van der Waals surface area (Å²) in [5.41, 5.74) is 2.85. The maximum atomic E-state index is 12.7. The Labute approximate surface area is 376 Å². The van der Waals surface area contributed by atoms with Gasteiger partial charge >= 0.3 is 36.1 Å². The molecule has 2 aromatic carbocycles. The summed E-state index contributed by atoms with van der Waals surface area (Å²) in [6.07, 6.45) is 10.4. The number of carboxylic acid groups (broad SMARTS) is 2. The molecule has 0 heterocycles. The highest BCUT2D eigenvalue weighted by atomic mass is 16.6. The highest BCUT2D eigenvalue weighted by Crippen LogP contribution is 2.18. The lowest BCUT2D eigenvalue weighted by Gasteiger charge is -2.27. The Balaban J connectivity index is 0.000000633. The van der Waals surface area contributed by atoms with Crippen LogP contribution in [-0.4, -0.2) is 94.1 Å². The lowest BCUT2D eigenvalue weighted by atomic mass is 10.1. The van der Waals surface area contributed by atoms with E-state index in [1.54, 1.807) is 16.7 Å². The predicted molar refractivity (Wildman–Crippen MR) is 242 cm³/mol. The van der Waals surface area contributed by atoms with E-state index in [9.17, 15) is 28.8 Å². The Morgan fingerprint density at radius 2 is 0.857 bits per heavy atom. The summed E-state index contributed by atoms with van der Waals surface area (Å²) < 4.78 is 20.8. The van der Waals surface area contributed by atoms with Crippen molar-refractivity contribution in [1.82, 2.24) is 9.80 Å². The van der Waals surface area contributed by atoms with Gasteiger partial charge in [0.1, 0.15) is 11.2 Å². The normalized spacial score (nSPS) is 11.1. The highest BCUT2D eigenvalue weighted by molar-refractivity contribution is 5.70. The molecule has 0 saturated carbocycles. The molecule has 0 spiro atoms. The molecule has 0 bridgehead atoms. The minimum absolute atomic E-state index is 0.0931. The largest absolute Gasteiger partial charge is 0.481 e. The lowest BCUT2D eigenvalue weighted by Crippen LogP contribution is -2.37. The number of hydrogen-bond acceptors (Lipinski definition) is 10. The standard InChI is InChI=1S/C26H41NO6.C23H35NO6/c1-6-32-24(29)18-17-21-13-15-22(16-14-21)20-27(25(30)33-26(2,3)4)19-11-9-7-8-10-12-23(28)31-5;1-23(2,3)30-22(29)24(16-8-6-4-5-7-9-20(25)26)17-19-12-10-18(11-13-19)14-15-21(27)28/h13-16H,6-12,17-20H2,1-5H3;10-13H,4-9,14-17H2,1-3H3,(H,25,26)(H,27,28). The van der Waals surface area contributed by atoms with Crippen molar-refractivity contribution in [3.63, 3.8) is 0 Å². The Kier molecular flexibility index (Phi) is 27.3. The average molecular weight is 885 g/mol. The Hall–Kier alpha value is -5.14. The van der Waals surface area contributed by atoms with Crippen molar-refractivity contribution in [2.75, 3.05) is 26.8 Å². The summed E-state index contributed by atoms with van der Waals surface area (Å²) in [6, 6.07) is 15.6. The summed E-state index contributed by atoms with van der Waals surface area (Å²) in [7, 11) is 1.41. The van der Waals surface area contributed by atoms with E-state index in [0.717, 1.165) is 80.0 Å². The molecule has 0 aliphatic carbocycles. The smallest absolute Gasteiger partial charge is 0.410 e. The van der Waals surface area contributed by atoms with Crippen molar-refractivity contribution in [3.05, 3.63) is 70.8 Å². The second kappa shape index (κ2) is 30.8. The molecule has 0 unspecified atom stereocenters. The van der Waals surface area contributed by atoms with E-state index < -0.39 is 23.1 Å². The number of amides is 2. The Bertz CT molecular complexity index is 1650. The summed E-state index contributed by atoms with van der Waals surface area (Å²) in [5, 5.41) is 17.5. The van der Waals surface area contributed by atoms with E-state index in [2.05, 4.69) is 4.74 Å². The van der Waals surface area contributed by atoms with Crippen molar-refractivity contribution in [2.24, 2.45) is 0 Å². The van der Waals surface area contributed by atoms with Gasteiger partial charge in [-0.3, -0.25) is 19.2 Å². The van der Waals surface area contributed by atoms with Gasteiger partial charge in [0.15, 0.2) is 0 Å². The first kappa shape index (κ1) is 55.9. The minimum atomic E-state index is -0.821. The van der Waals surface area contributed by atoms with E-state index in [1.807, 2.05) is 90.1 Å². The van der Waals surface area contributed by atoms with Gasteiger partial charge in [-0.2, -0.15) is 0 Å². The molecule has 0 radical (unpaired) electrons. The molecule has 14 heteroatoms. The van der Waals surface area contributed by atoms with Crippen LogP contribution in [0.25, 0.3) is 0 Å². The number of carbonyl (C=O) groups excluding carboxylic acids is 4. The summed E-state index contributed by atoms with van der Waals surface area (Å²) in [4.78, 5) is 72.8. The number of aliphatic carboxylic acids is 2. The molecular weight excluding hydrogens is 809 g/mol. The van der Waals surface area contributed by atoms with Crippen LogP contribution in [0.4, 0.5) is 9.59 Å². The minimum Gasteiger partial charge on any atom is -0.481 e. The number of rotatable bonds is 27. The number of ether oxygens (including phenoxy) is 4. The van der Waals surface area contributed by atoms with Gasteiger partial charge in [0.25, 0.3) is 0 Å². The monoisotopic (exact) mass is 885 g/mol. The van der Waals surface area contributed by atoms with E-state index in [4.69, 9.17) is 24.4 Å². The van der Waals surface area contributed by atoms with Crippen LogP contribution in [0, 0.1) is 0 Å². The molecule has 354 valence electrons. The zero-order valence-corrected chi connectivity index (χ0v) is 39.3. The Morgan fingerprint density at radius 3 is 1.24 bits per heavy atom. The number of methoxy groups -OCH3 is 1. The maximum absolute atomic E-state index is 12.7. The first-order valence-corrected chi connectivity index (χ1v) is 22.5. The van der Waals surface area contributed by atoms with E-state index >= 15 is 0 Å². The topological polar surface area (TPSA) is 186 Å². The molecular formula is C49H76N2O12. The Morgan fingerprint density at radius 1 is 0.492 bits per heavy atom. The van der Waals surface area contributed by atoms with Crippen LogP contribution in [0.3, 0.4) is 0 Å². The van der Waals surface area contributed by atoms with Crippen molar-refractivity contribution in [2.45, 2.75) is 175 Å². The zero-order valence-electron chi connectivity index (χ0n) is 39.3. The van der Waals surface area contributed by atoms with Crippen LogP contribution < -0.4 is 0 Å². The van der Waals surface area contributed by atoms with E-state index in [1.165, 1.54) is 7.11 Å². The molecule has 2 amide bonds. The van der Waals surface area contributed by atoms with Crippen molar-refractivity contribution in [1.29, 1.82) is 0 Å². The molecule has 0 aliphatic heterocycles. The molecule has 14 nitrogen and oxygen atoms in total. The van der Waals surface area contributed by atoms with Crippen molar-refractivity contribution in [3.8, 4) is 0 Å². The van der Waals surface area contributed by atoms with Crippen LogP contribution >= 0.6 is 0 Å². The fourth-order valence-corrected chi connectivity index (χ4v) is 6.23. The second-order valence-electron chi connectivity index (χ2n) is 17.6. The average Bonchev–Trinajstić information content (AvgIpc) is 3.20. The van der Waals surface area contributed by atoms with Gasteiger partial charge in [-0.05, 0) is 109 Å². The number of esters is 2. The predicted octanol–water partition coefficient (Wildman–Crippen LogP) is 10.3. The summed E-state index contributed by atoms with van der Waals surface area (Å²) >= 11 is 0. The van der Waals surface area contributed by atoms with Gasteiger partial charge in [-0.1, -0.05) is 87.1 Å². The van der Waals surface area contributed by atoms with Gasteiger partial charge in [0, 0.05) is 51.9 Å². The molecule has 0 saturated heterocycles. The van der Waals surface area contributed by atoms with Crippen LogP contribution in [0.5, 0.6) is 0 Å². The van der Waals surface area contributed by atoms with Gasteiger partial charge in [0.2, 0.25) is 0 Å². The maximum Gasteiger partial charge on any atom is 0.410 e. The van der Waals surface area contributed by atoms with E-state index in [-0.39, 0.29) is 37.0 Å². The van der Waals surface area contributed by atoms with Crippen LogP contribution in [-0.2, 0) is 64.1 Å². The quantitative estimate of drug-likeness (QED) is 0.0492. The van der Waals surface area contributed by atoms with Gasteiger partial charge in [0.05, 0.1) is 13.7 Å². The molecule has 2 rings (SSSR count). The van der Waals surface area contributed by atoms with Crippen LogP contribution in [0.1, 0.15) is 161 Å². The molecule has 2 aromatic rings. The third-order valence-corrected chi connectivity index (χ3v) is 9.50. The fourth-order valence-electron chi connectivity index (χ4n) is 6.23. The van der Waals surface area contributed by atoms with Gasteiger partial charge < -0.3 is 39.0 Å². The second-order valence-corrected chi connectivity index (χ2v) is 17.6. The zero-order chi connectivity index (χ0) is 47.3. The third kappa shape index (κ3) is 29.7. The molecule has 0 aliphatic rings. The van der Waals surface area contributed by atoms with Crippen molar-refractivity contribution >= 4 is 36.1 Å². The fraction of sp³-hybridized carbons (Fsp3) is 0.633. The molecule has 0 aromatic heterocycles. The third-order valence-electron chi connectivity index (χ3n) is 9.50. The molecule has 63 heavy (non-hydrogen) atoms. The highest BCUT2D eigenvalue weighted by Gasteiger charge is 2.23. The number of benzene rings is 2. The first-order chi connectivity index (χ1) is 29.7. The molecule has 0 atom stereocenters. The SMILES string of the molecule is CC(C)(C)OC(=O)N(CCCCCCCC(=O)O)Cc1ccc(CCC(=O)O)cc1.CCOC(=O)CCc1ccc(CN(CCCCCCCC(=O)OC)C(=O)OC(C)(C)C)cc1. The van der Waals surface area contributed by atoms with Crippen molar-refractivity contribution < 1.29 is 57.9 Å². The number of nitrogens with zero attached hydrogens (tertiary/aromatic N) is 2. The van der Waals surface area contributed by atoms with Crippen LogP contribution in [0.15, 0.2) is 48.5 Å². The number of carbonyl (C=O) groups is 6. The lowest BCUT2D eigenvalue weighted by molar-refractivity contribution is -0.143. The summed E-state index contributed by atoms with van der Waals surface area (Å²) in [6.45, 7) is 15.4. The van der Waals surface area contributed by atoms with Gasteiger partial charge in [-0.15, -0.1) is 0 Å². The molecule has 0 fully saturated rings. The van der Waals surface area contributed by atoms with E-state index in [0.29, 0.717) is 64.9 Å².